The highest BCUT2D eigenvalue weighted by Gasteiger charge is 2.07. The molecule has 0 bridgehead atoms. The van der Waals surface area contributed by atoms with Crippen LogP contribution in [0, 0.1) is 13.8 Å². The first-order valence-corrected chi connectivity index (χ1v) is 9.20. The number of rotatable bonds is 7. The van der Waals surface area contributed by atoms with Crippen LogP contribution in [0.4, 0.5) is 17.5 Å². The highest BCUT2D eigenvalue weighted by atomic mass is 35.5. The molecule has 1 heterocycles. The maximum Gasteiger partial charge on any atom is 0.225 e. The number of nitrogens with one attached hydrogen (secondary N) is 2. The smallest absolute Gasteiger partial charge is 0.225 e. The van der Waals surface area contributed by atoms with Crippen LogP contribution < -0.4 is 20.1 Å². The molecule has 3 rings (SSSR count). The number of benzene rings is 2. The molecule has 0 radical (unpaired) electrons. The van der Waals surface area contributed by atoms with Crippen LogP contribution in [0.2, 0.25) is 5.02 Å². The van der Waals surface area contributed by atoms with Crippen LogP contribution in [0.15, 0.2) is 42.5 Å². The van der Waals surface area contributed by atoms with E-state index in [2.05, 4.69) is 20.6 Å². The van der Waals surface area contributed by atoms with E-state index < -0.39 is 0 Å². The Labute approximate surface area is 169 Å². The molecule has 0 fully saturated rings. The third kappa shape index (κ3) is 4.84. The Morgan fingerprint density at radius 1 is 0.929 bits per heavy atom. The molecule has 0 amide bonds. The first-order valence-electron chi connectivity index (χ1n) is 8.82. The number of anilines is 3. The molecular formula is C21H23ClN4O2. The summed E-state index contributed by atoms with van der Waals surface area (Å²) < 4.78 is 10.6. The Morgan fingerprint density at radius 2 is 1.71 bits per heavy atom. The molecule has 7 heteroatoms. The average molecular weight is 399 g/mol. The van der Waals surface area contributed by atoms with Crippen LogP contribution >= 0.6 is 11.6 Å². The molecule has 0 unspecified atom stereocenters. The predicted molar refractivity (Wildman–Crippen MR) is 113 cm³/mol. The number of hydrogen-bond donors (Lipinski definition) is 2. The molecule has 146 valence electrons. The van der Waals surface area contributed by atoms with Gasteiger partial charge in [0.15, 0.2) is 11.5 Å². The summed E-state index contributed by atoms with van der Waals surface area (Å²) in [5.74, 6) is 2.62. The van der Waals surface area contributed by atoms with Gasteiger partial charge < -0.3 is 20.1 Å². The number of methoxy groups -OCH3 is 2. The summed E-state index contributed by atoms with van der Waals surface area (Å²) in [5, 5.41) is 7.24. The summed E-state index contributed by atoms with van der Waals surface area (Å²) in [5.41, 5.74) is 3.79. The van der Waals surface area contributed by atoms with E-state index in [-0.39, 0.29) is 0 Å². The Morgan fingerprint density at radius 3 is 2.43 bits per heavy atom. The van der Waals surface area contributed by atoms with Crippen molar-refractivity contribution in [3.8, 4) is 11.5 Å². The maximum absolute atomic E-state index is 6.20. The van der Waals surface area contributed by atoms with Crippen LogP contribution in [0.5, 0.6) is 11.5 Å². The van der Waals surface area contributed by atoms with E-state index >= 15 is 0 Å². The lowest BCUT2D eigenvalue weighted by atomic mass is 10.2. The number of halogens is 1. The highest BCUT2D eigenvalue weighted by molar-refractivity contribution is 6.31. The zero-order chi connectivity index (χ0) is 20.1. The molecule has 6 nitrogen and oxygen atoms in total. The van der Waals surface area contributed by atoms with Gasteiger partial charge in [0.05, 0.1) is 14.2 Å². The van der Waals surface area contributed by atoms with Crippen molar-refractivity contribution in [3.05, 3.63) is 64.3 Å². The molecule has 0 atom stereocenters. The van der Waals surface area contributed by atoms with Gasteiger partial charge in [0.1, 0.15) is 5.82 Å². The Hall–Kier alpha value is -2.99. The van der Waals surface area contributed by atoms with Gasteiger partial charge in [-0.25, -0.2) is 4.98 Å². The topological polar surface area (TPSA) is 68.3 Å². The van der Waals surface area contributed by atoms with Gasteiger partial charge in [0.2, 0.25) is 5.95 Å². The lowest BCUT2D eigenvalue weighted by Gasteiger charge is -2.12. The van der Waals surface area contributed by atoms with Gasteiger partial charge in [-0.1, -0.05) is 23.7 Å². The summed E-state index contributed by atoms with van der Waals surface area (Å²) in [4.78, 5) is 8.99. The van der Waals surface area contributed by atoms with E-state index in [0.717, 1.165) is 22.5 Å². The summed E-state index contributed by atoms with van der Waals surface area (Å²) in [6, 6.07) is 13.5. The Kier molecular flexibility index (Phi) is 6.21. The zero-order valence-electron chi connectivity index (χ0n) is 16.3. The van der Waals surface area contributed by atoms with Gasteiger partial charge in [-0.2, -0.15) is 4.98 Å². The lowest BCUT2D eigenvalue weighted by molar-refractivity contribution is 0.354. The van der Waals surface area contributed by atoms with Crippen LogP contribution in [0.3, 0.4) is 0 Å². The normalized spacial score (nSPS) is 10.5. The highest BCUT2D eigenvalue weighted by Crippen LogP contribution is 2.28. The van der Waals surface area contributed by atoms with Gasteiger partial charge in [0.25, 0.3) is 0 Å². The fourth-order valence-electron chi connectivity index (χ4n) is 2.70. The number of aromatic nitrogens is 2. The van der Waals surface area contributed by atoms with Crippen LogP contribution in [-0.2, 0) is 6.54 Å². The second-order valence-corrected chi connectivity index (χ2v) is 6.76. The van der Waals surface area contributed by atoms with E-state index in [1.165, 1.54) is 0 Å². The quantitative estimate of drug-likeness (QED) is 0.575. The Bertz CT molecular complexity index is 979. The lowest BCUT2D eigenvalue weighted by Crippen LogP contribution is -2.06. The molecule has 0 saturated carbocycles. The summed E-state index contributed by atoms with van der Waals surface area (Å²) in [6.45, 7) is 4.45. The van der Waals surface area contributed by atoms with E-state index in [1.54, 1.807) is 14.2 Å². The summed E-state index contributed by atoms with van der Waals surface area (Å²) in [7, 11) is 3.24. The molecule has 2 aromatic carbocycles. The van der Waals surface area contributed by atoms with Gasteiger partial charge in [-0.05, 0) is 49.2 Å². The van der Waals surface area contributed by atoms with Gasteiger partial charge >= 0.3 is 0 Å². The van der Waals surface area contributed by atoms with Crippen molar-refractivity contribution in [2.24, 2.45) is 0 Å². The number of hydrogen-bond acceptors (Lipinski definition) is 6. The van der Waals surface area contributed by atoms with Crippen molar-refractivity contribution in [1.82, 2.24) is 9.97 Å². The first-order chi connectivity index (χ1) is 13.5. The van der Waals surface area contributed by atoms with Crippen LogP contribution in [0.25, 0.3) is 0 Å². The van der Waals surface area contributed by atoms with E-state index in [1.807, 2.05) is 56.3 Å². The third-order valence-electron chi connectivity index (χ3n) is 4.20. The molecule has 0 aliphatic heterocycles. The van der Waals surface area contributed by atoms with Crippen molar-refractivity contribution in [3.63, 3.8) is 0 Å². The number of aryl methyl sites for hydroxylation is 2. The fourth-order valence-corrected chi connectivity index (χ4v) is 2.88. The standard InChI is InChI=1S/C21H23ClN4O2/c1-13-5-7-16(11-17(13)22)25-20-9-14(2)24-21(26-20)23-12-15-6-8-18(27-3)19(10-15)28-4/h5-11H,12H2,1-4H3,(H2,23,24,25,26). The minimum Gasteiger partial charge on any atom is -0.493 e. The van der Waals surface area contributed by atoms with Crippen molar-refractivity contribution >= 4 is 29.1 Å². The van der Waals surface area contributed by atoms with Gasteiger partial charge in [-0.15, -0.1) is 0 Å². The summed E-state index contributed by atoms with van der Waals surface area (Å²) >= 11 is 6.20. The zero-order valence-corrected chi connectivity index (χ0v) is 17.1. The average Bonchev–Trinajstić information content (AvgIpc) is 2.68. The second kappa shape index (κ2) is 8.80. The molecule has 28 heavy (non-hydrogen) atoms. The molecule has 3 aromatic rings. The van der Waals surface area contributed by atoms with Crippen molar-refractivity contribution < 1.29 is 9.47 Å². The van der Waals surface area contributed by atoms with E-state index in [9.17, 15) is 0 Å². The maximum atomic E-state index is 6.20. The molecule has 0 aliphatic carbocycles. The number of nitrogens with zero attached hydrogens (tertiary/aromatic N) is 2. The Balaban J connectivity index is 1.73. The van der Waals surface area contributed by atoms with Crippen molar-refractivity contribution in [2.75, 3.05) is 24.9 Å². The predicted octanol–water partition coefficient (Wildman–Crippen LogP) is 5.12. The van der Waals surface area contributed by atoms with Crippen molar-refractivity contribution in [1.29, 1.82) is 0 Å². The minimum atomic E-state index is 0.537. The monoisotopic (exact) mass is 398 g/mol. The van der Waals surface area contributed by atoms with Gasteiger partial charge in [0, 0.05) is 29.0 Å². The second-order valence-electron chi connectivity index (χ2n) is 6.35. The van der Waals surface area contributed by atoms with Crippen molar-refractivity contribution in [2.45, 2.75) is 20.4 Å². The number of ether oxygens (including phenoxy) is 2. The van der Waals surface area contributed by atoms with Crippen LogP contribution in [0.1, 0.15) is 16.8 Å². The molecule has 0 saturated heterocycles. The SMILES string of the molecule is COc1ccc(CNc2nc(C)cc(Nc3ccc(C)c(Cl)c3)n2)cc1OC. The first kappa shape index (κ1) is 19.8. The van der Waals surface area contributed by atoms with E-state index in [4.69, 9.17) is 21.1 Å². The minimum absolute atomic E-state index is 0.537. The fraction of sp³-hybridized carbons (Fsp3) is 0.238. The largest absolute Gasteiger partial charge is 0.493 e. The molecule has 2 N–H and O–H groups in total. The third-order valence-corrected chi connectivity index (χ3v) is 4.60. The van der Waals surface area contributed by atoms with Crippen LogP contribution in [-0.4, -0.2) is 24.2 Å². The summed E-state index contributed by atoms with van der Waals surface area (Å²) in [6.07, 6.45) is 0. The van der Waals surface area contributed by atoms with E-state index in [0.29, 0.717) is 34.8 Å². The molecule has 0 spiro atoms. The molecular weight excluding hydrogens is 376 g/mol. The molecule has 0 aliphatic rings. The van der Waals surface area contributed by atoms with Gasteiger partial charge in [-0.3, -0.25) is 0 Å². The molecule has 1 aromatic heterocycles.